The maximum atomic E-state index is 12.2. The molecule has 0 aliphatic carbocycles. The van der Waals surface area contributed by atoms with Crippen LogP contribution in [0.3, 0.4) is 0 Å². The summed E-state index contributed by atoms with van der Waals surface area (Å²) in [5.41, 5.74) is 2.81. The number of benzene rings is 2. The maximum Gasteiger partial charge on any atom is 0.251 e. The van der Waals surface area contributed by atoms with Gasteiger partial charge in [0.2, 0.25) is 0 Å². The molecule has 6 heteroatoms. The normalized spacial score (nSPS) is 10.6. The predicted molar refractivity (Wildman–Crippen MR) is 104 cm³/mol. The van der Waals surface area contributed by atoms with Crippen LogP contribution in [0, 0.1) is 0 Å². The lowest BCUT2D eigenvalue weighted by atomic mass is 10.2. The van der Waals surface area contributed by atoms with Gasteiger partial charge in [-0.25, -0.2) is 4.68 Å². The van der Waals surface area contributed by atoms with Gasteiger partial charge in [-0.05, 0) is 48.0 Å². The Labute approximate surface area is 156 Å². The van der Waals surface area contributed by atoms with Crippen molar-refractivity contribution in [1.82, 2.24) is 15.1 Å². The van der Waals surface area contributed by atoms with E-state index in [4.69, 9.17) is 11.6 Å². The number of nitrogens with one attached hydrogen (secondary N) is 1. The average molecular weight is 372 g/mol. The van der Waals surface area contributed by atoms with E-state index in [1.54, 1.807) is 22.6 Å². The second-order valence-electron chi connectivity index (χ2n) is 5.43. The molecule has 0 aliphatic heterocycles. The van der Waals surface area contributed by atoms with Crippen LogP contribution in [0.4, 0.5) is 0 Å². The van der Waals surface area contributed by atoms with Gasteiger partial charge in [-0.2, -0.15) is 16.9 Å². The molecule has 0 saturated heterocycles. The minimum Gasteiger partial charge on any atom is -0.351 e. The SMILES string of the molecule is O=C(NCCSCc1ccc(Cl)cc1)c1ccc(-n2cccn2)cc1. The Balaban J connectivity index is 1.41. The van der Waals surface area contributed by atoms with Crippen LogP contribution in [0.1, 0.15) is 15.9 Å². The molecule has 4 nitrogen and oxygen atoms in total. The molecule has 1 heterocycles. The number of thioether (sulfide) groups is 1. The molecule has 0 aliphatic rings. The zero-order valence-electron chi connectivity index (χ0n) is 13.6. The molecule has 0 spiro atoms. The lowest BCUT2D eigenvalue weighted by Gasteiger charge is -2.07. The third-order valence-corrected chi connectivity index (χ3v) is 4.89. The highest BCUT2D eigenvalue weighted by molar-refractivity contribution is 7.98. The van der Waals surface area contributed by atoms with E-state index in [-0.39, 0.29) is 5.91 Å². The second-order valence-corrected chi connectivity index (χ2v) is 6.97. The minimum atomic E-state index is -0.0564. The standard InChI is InChI=1S/C19H18ClN3OS/c20-17-6-2-15(3-7-17)14-25-13-11-21-19(24)16-4-8-18(9-5-16)23-12-1-10-22-23/h1-10,12H,11,13-14H2,(H,21,24). The Kier molecular flexibility index (Phi) is 6.14. The molecule has 3 aromatic rings. The maximum absolute atomic E-state index is 12.2. The van der Waals surface area contributed by atoms with Crippen LogP contribution in [-0.2, 0) is 5.75 Å². The molecular weight excluding hydrogens is 354 g/mol. The van der Waals surface area contributed by atoms with Crippen LogP contribution >= 0.6 is 23.4 Å². The van der Waals surface area contributed by atoms with Crippen molar-refractivity contribution in [3.05, 3.63) is 83.1 Å². The average Bonchev–Trinajstić information content (AvgIpc) is 3.18. The molecule has 3 rings (SSSR count). The number of hydrogen-bond acceptors (Lipinski definition) is 3. The summed E-state index contributed by atoms with van der Waals surface area (Å²) >= 11 is 7.65. The van der Waals surface area contributed by atoms with Gasteiger partial charge in [0.15, 0.2) is 0 Å². The van der Waals surface area contributed by atoms with E-state index in [0.29, 0.717) is 12.1 Å². The molecule has 0 unspecified atom stereocenters. The Bertz CT molecular complexity index is 802. The minimum absolute atomic E-state index is 0.0564. The highest BCUT2D eigenvalue weighted by atomic mass is 35.5. The molecule has 1 N–H and O–H groups in total. The van der Waals surface area contributed by atoms with E-state index in [1.165, 1.54) is 5.56 Å². The first-order chi connectivity index (χ1) is 12.2. The Morgan fingerprint density at radius 3 is 2.56 bits per heavy atom. The van der Waals surface area contributed by atoms with Crippen LogP contribution in [0.2, 0.25) is 5.02 Å². The Morgan fingerprint density at radius 2 is 1.88 bits per heavy atom. The third kappa shape index (κ3) is 5.11. The zero-order valence-corrected chi connectivity index (χ0v) is 15.1. The lowest BCUT2D eigenvalue weighted by molar-refractivity contribution is 0.0956. The van der Waals surface area contributed by atoms with Gasteiger partial charge in [0.1, 0.15) is 0 Å². The number of rotatable bonds is 7. The molecule has 0 fully saturated rings. The molecule has 1 aromatic heterocycles. The molecule has 128 valence electrons. The molecule has 0 saturated carbocycles. The fourth-order valence-electron chi connectivity index (χ4n) is 2.30. The number of carbonyl (C=O) groups is 1. The van der Waals surface area contributed by atoms with Crippen LogP contribution in [-0.4, -0.2) is 28.0 Å². The fraction of sp³-hybridized carbons (Fsp3) is 0.158. The quantitative estimate of drug-likeness (QED) is 0.633. The lowest BCUT2D eigenvalue weighted by Crippen LogP contribution is -2.25. The highest BCUT2D eigenvalue weighted by Gasteiger charge is 2.05. The number of nitrogens with zero attached hydrogens (tertiary/aromatic N) is 2. The van der Waals surface area contributed by atoms with Gasteiger partial charge in [-0.15, -0.1) is 0 Å². The molecule has 0 atom stereocenters. The number of hydrogen-bond donors (Lipinski definition) is 1. The summed E-state index contributed by atoms with van der Waals surface area (Å²) < 4.78 is 1.76. The van der Waals surface area contributed by atoms with Crippen molar-refractivity contribution in [2.45, 2.75) is 5.75 Å². The predicted octanol–water partition coefficient (Wildman–Crippen LogP) is 4.19. The molecule has 0 bridgehead atoms. The van der Waals surface area contributed by atoms with E-state index in [0.717, 1.165) is 22.2 Å². The molecule has 2 aromatic carbocycles. The molecule has 1 amide bonds. The van der Waals surface area contributed by atoms with Gasteiger partial charge >= 0.3 is 0 Å². The Morgan fingerprint density at radius 1 is 1.12 bits per heavy atom. The summed E-state index contributed by atoms with van der Waals surface area (Å²) in [6, 6.07) is 17.1. The van der Waals surface area contributed by atoms with E-state index >= 15 is 0 Å². The van der Waals surface area contributed by atoms with Crippen molar-refractivity contribution >= 4 is 29.3 Å². The smallest absolute Gasteiger partial charge is 0.251 e. The van der Waals surface area contributed by atoms with Crippen molar-refractivity contribution in [3.63, 3.8) is 0 Å². The number of carbonyl (C=O) groups excluding carboxylic acids is 1. The van der Waals surface area contributed by atoms with Crippen LogP contribution in [0.5, 0.6) is 0 Å². The van der Waals surface area contributed by atoms with Crippen molar-refractivity contribution < 1.29 is 4.79 Å². The summed E-state index contributed by atoms with van der Waals surface area (Å²) in [7, 11) is 0. The van der Waals surface area contributed by atoms with Gasteiger partial charge in [-0.3, -0.25) is 4.79 Å². The summed E-state index contributed by atoms with van der Waals surface area (Å²) in [4.78, 5) is 12.2. The van der Waals surface area contributed by atoms with Crippen molar-refractivity contribution in [3.8, 4) is 5.69 Å². The van der Waals surface area contributed by atoms with Crippen molar-refractivity contribution in [2.24, 2.45) is 0 Å². The topological polar surface area (TPSA) is 46.9 Å². The van der Waals surface area contributed by atoms with Gasteiger partial charge in [0, 0.05) is 41.0 Å². The molecule has 0 radical (unpaired) electrons. The second kappa shape index (κ2) is 8.74. The van der Waals surface area contributed by atoms with E-state index < -0.39 is 0 Å². The molecule has 25 heavy (non-hydrogen) atoms. The first-order valence-corrected chi connectivity index (χ1v) is 9.46. The van der Waals surface area contributed by atoms with Crippen LogP contribution in [0.15, 0.2) is 67.0 Å². The summed E-state index contributed by atoms with van der Waals surface area (Å²) in [6.45, 7) is 0.637. The summed E-state index contributed by atoms with van der Waals surface area (Å²) in [6.07, 6.45) is 3.59. The van der Waals surface area contributed by atoms with E-state index in [2.05, 4.69) is 10.4 Å². The summed E-state index contributed by atoms with van der Waals surface area (Å²) in [5, 5.41) is 7.86. The number of halogens is 1. The zero-order chi connectivity index (χ0) is 17.5. The molecular formula is C19H18ClN3OS. The van der Waals surface area contributed by atoms with Gasteiger partial charge in [0.25, 0.3) is 5.91 Å². The fourth-order valence-corrected chi connectivity index (χ4v) is 3.24. The number of aromatic nitrogens is 2. The number of amides is 1. The third-order valence-electron chi connectivity index (χ3n) is 3.61. The first kappa shape index (κ1) is 17.6. The first-order valence-electron chi connectivity index (χ1n) is 7.93. The van der Waals surface area contributed by atoms with E-state index in [9.17, 15) is 4.79 Å². The Hall–Kier alpha value is -2.24. The monoisotopic (exact) mass is 371 g/mol. The largest absolute Gasteiger partial charge is 0.351 e. The van der Waals surface area contributed by atoms with Gasteiger partial charge in [0.05, 0.1) is 5.69 Å². The van der Waals surface area contributed by atoms with Crippen LogP contribution in [0.25, 0.3) is 5.69 Å². The van der Waals surface area contributed by atoms with Crippen molar-refractivity contribution in [1.29, 1.82) is 0 Å². The van der Waals surface area contributed by atoms with E-state index in [1.807, 2.05) is 60.8 Å². The van der Waals surface area contributed by atoms with Gasteiger partial charge in [-0.1, -0.05) is 23.7 Å². The van der Waals surface area contributed by atoms with Crippen LogP contribution < -0.4 is 5.32 Å². The van der Waals surface area contributed by atoms with Gasteiger partial charge < -0.3 is 5.32 Å². The van der Waals surface area contributed by atoms with Crippen molar-refractivity contribution in [2.75, 3.05) is 12.3 Å². The summed E-state index contributed by atoms with van der Waals surface area (Å²) in [5.74, 6) is 1.71. The highest BCUT2D eigenvalue weighted by Crippen LogP contribution is 2.15.